The number of nitrogens with one attached hydrogen (secondary N) is 1. The van der Waals surface area contributed by atoms with E-state index in [0.29, 0.717) is 17.9 Å². The number of carbonyl (C=O) groups excluding carboxylic acids is 1. The monoisotopic (exact) mass is 226 g/mol. The number of carbonyl (C=O) groups is 1. The summed E-state index contributed by atoms with van der Waals surface area (Å²) in [5.74, 6) is -0.0691. The largest absolute Gasteiger partial charge is 0.759 e. The SMILES string of the molecule is O=C1CCN(NS(=O)[O-])c2cccnc21. The van der Waals surface area contributed by atoms with E-state index < -0.39 is 11.3 Å². The van der Waals surface area contributed by atoms with Crippen molar-refractivity contribution in [1.29, 1.82) is 0 Å². The van der Waals surface area contributed by atoms with Crippen LogP contribution in [0.5, 0.6) is 0 Å². The topological polar surface area (TPSA) is 85.4 Å². The van der Waals surface area contributed by atoms with Crippen molar-refractivity contribution < 1.29 is 13.6 Å². The van der Waals surface area contributed by atoms with Gasteiger partial charge in [-0.3, -0.25) is 19.0 Å². The Balaban J connectivity index is 2.36. The lowest BCUT2D eigenvalue weighted by Crippen LogP contribution is -2.44. The number of nitrogens with zero attached hydrogens (tertiary/aromatic N) is 2. The second-order valence-electron chi connectivity index (χ2n) is 3.02. The Morgan fingerprint density at radius 3 is 3.13 bits per heavy atom. The molecule has 0 saturated carbocycles. The van der Waals surface area contributed by atoms with Crippen molar-refractivity contribution in [3.63, 3.8) is 0 Å². The first-order valence-electron chi connectivity index (χ1n) is 4.30. The number of hydrogen-bond acceptors (Lipinski definition) is 5. The minimum atomic E-state index is -2.39. The van der Waals surface area contributed by atoms with E-state index >= 15 is 0 Å². The summed E-state index contributed by atoms with van der Waals surface area (Å²) < 4.78 is 21.0. The van der Waals surface area contributed by atoms with Gasteiger partial charge in [0.25, 0.3) is 0 Å². The highest BCUT2D eigenvalue weighted by molar-refractivity contribution is 7.77. The maximum absolute atomic E-state index is 11.4. The van der Waals surface area contributed by atoms with E-state index in [2.05, 4.69) is 9.82 Å². The first-order valence-corrected chi connectivity index (χ1v) is 5.37. The summed E-state index contributed by atoms with van der Waals surface area (Å²) in [7, 11) is 0. The van der Waals surface area contributed by atoms with Gasteiger partial charge in [0.2, 0.25) is 0 Å². The fourth-order valence-electron chi connectivity index (χ4n) is 1.47. The molecule has 1 atom stereocenters. The van der Waals surface area contributed by atoms with Crippen LogP contribution >= 0.6 is 0 Å². The highest BCUT2D eigenvalue weighted by Crippen LogP contribution is 2.22. The van der Waals surface area contributed by atoms with Gasteiger partial charge >= 0.3 is 0 Å². The van der Waals surface area contributed by atoms with Crippen LogP contribution in [0.15, 0.2) is 18.3 Å². The van der Waals surface area contributed by atoms with Crippen LogP contribution in [0.1, 0.15) is 16.9 Å². The minimum absolute atomic E-state index is 0.0691. The molecular formula is C8H8N3O3S-. The van der Waals surface area contributed by atoms with Crippen LogP contribution in [0, 0.1) is 0 Å². The molecule has 0 saturated heterocycles. The quantitative estimate of drug-likeness (QED) is 0.704. The average Bonchev–Trinajstić information content (AvgIpc) is 2.22. The molecule has 0 radical (unpaired) electrons. The van der Waals surface area contributed by atoms with Crippen LogP contribution in [0.3, 0.4) is 0 Å². The molecule has 0 aromatic carbocycles. The number of hydrazine groups is 1. The molecule has 0 amide bonds. The third-order valence-corrected chi connectivity index (χ3v) is 2.46. The molecule has 1 N–H and O–H groups in total. The van der Waals surface area contributed by atoms with E-state index in [1.807, 2.05) is 0 Å². The zero-order chi connectivity index (χ0) is 10.8. The van der Waals surface area contributed by atoms with Crippen LogP contribution in [0.2, 0.25) is 0 Å². The number of Topliss-reactive ketones (excluding diaryl/α,β-unsaturated/α-hetero) is 1. The highest BCUT2D eigenvalue weighted by atomic mass is 32.2. The lowest BCUT2D eigenvalue weighted by atomic mass is 10.1. The number of fused-ring (bicyclic) bond motifs is 1. The number of anilines is 1. The first kappa shape index (κ1) is 10.2. The molecule has 80 valence electrons. The first-order chi connectivity index (χ1) is 7.18. The lowest BCUT2D eigenvalue weighted by Gasteiger charge is -2.30. The molecule has 0 spiro atoms. The zero-order valence-corrected chi connectivity index (χ0v) is 8.49. The Bertz CT molecular complexity index is 423. The van der Waals surface area contributed by atoms with Crippen molar-refractivity contribution in [1.82, 2.24) is 9.82 Å². The van der Waals surface area contributed by atoms with Gasteiger partial charge in [0, 0.05) is 30.4 Å². The van der Waals surface area contributed by atoms with Crippen molar-refractivity contribution in [2.75, 3.05) is 11.6 Å². The van der Waals surface area contributed by atoms with E-state index in [-0.39, 0.29) is 12.2 Å². The summed E-state index contributed by atoms with van der Waals surface area (Å²) in [6, 6.07) is 3.30. The van der Waals surface area contributed by atoms with Gasteiger partial charge in [0.15, 0.2) is 5.78 Å². The van der Waals surface area contributed by atoms with Crippen LogP contribution in [0.4, 0.5) is 5.69 Å². The van der Waals surface area contributed by atoms with Gasteiger partial charge in [0.05, 0.1) is 5.69 Å². The number of rotatable bonds is 2. The summed E-state index contributed by atoms with van der Waals surface area (Å²) >= 11 is -2.39. The van der Waals surface area contributed by atoms with E-state index in [4.69, 9.17) is 0 Å². The Hall–Kier alpha value is -1.31. The van der Waals surface area contributed by atoms with Gasteiger partial charge in [-0.2, -0.15) is 4.83 Å². The molecule has 15 heavy (non-hydrogen) atoms. The molecule has 0 aliphatic carbocycles. The molecule has 2 heterocycles. The smallest absolute Gasteiger partial charge is 0.185 e. The van der Waals surface area contributed by atoms with Crippen molar-refractivity contribution in [2.24, 2.45) is 0 Å². The van der Waals surface area contributed by atoms with Gasteiger partial charge in [-0.05, 0) is 12.1 Å². The zero-order valence-electron chi connectivity index (χ0n) is 7.67. The Morgan fingerprint density at radius 2 is 2.40 bits per heavy atom. The predicted molar refractivity (Wildman–Crippen MR) is 52.6 cm³/mol. The van der Waals surface area contributed by atoms with Crippen molar-refractivity contribution in [3.8, 4) is 0 Å². The molecule has 1 aromatic heterocycles. The van der Waals surface area contributed by atoms with Crippen molar-refractivity contribution >= 4 is 22.7 Å². The summed E-state index contributed by atoms with van der Waals surface area (Å²) in [4.78, 5) is 17.6. The second kappa shape index (κ2) is 4.05. The molecule has 1 aliphatic heterocycles. The van der Waals surface area contributed by atoms with E-state index in [1.54, 1.807) is 12.1 Å². The van der Waals surface area contributed by atoms with Gasteiger partial charge in [0.1, 0.15) is 5.69 Å². The van der Waals surface area contributed by atoms with Gasteiger partial charge in [-0.25, -0.2) is 0 Å². The fraction of sp³-hybridized carbons (Fsp3) is 0.250. The van der Waals surface area contributed by atoms with Crippen LogP contribution in [0.25, 0.3) is 0 Å². The molecule has 6 nitrogen and oxygen atoms in total. The average molecular weight is 226 g/mol. The highest BCUT2D eigenvalue weighted by Gasteiger charge is 2.23. The van der Waals surface area contributed by atoms with E-state index in [0.717, 1.165) is 0 Å². The Labute approximate surface area is 88.7 Å². The van der Waals surface area contributed by atoms with Crippen molar-refractivity contribution in [3.05, 3.63) is 24.0 Å². The fourth-order valence-corrected chi connectivity index (χ4v) is 1.84. The van der Waals surface area contributed by atoms with Crippen molar-refractivity contribution in [2.45, 2.75) is 6.42 Å². The summed E-state index contributed by atoms with van der Waals surface area (Å²) in [5, 5.41) is 1.40. The normalized spacial score (nSPS) is 17.4. The maximum Gasteiger partial charge on any atom is 0.185 e. The predicted octanol–water partition coefficient (Wildman–Crippen LogP) is -0.227. The Kier molecular flexibility index (Phi) is 2.76. The summed E-state index contributed by atoms with van der Waals surface area (Å²) in [5.41, 5.74) is 0.805. The number of aromatic nitrogens is 1. The summed E-state index contributed by atoms with van der Waals surface area (Å²) in [6.07, 6.45) is 1.77. The van der Waals surface area contributed by atoms with Crippen LogP contribution in [-0.2, 0) is 11.3 Å². The maximum atomic E-state index is 11.4. The molecule has 0 bridgehead atoms. The van der Waals surface area contributed by atoms with Gasteiger partial charge in [-0.15, -0.1) is 0 Å². The minimum Gasteiger partial charge on any atom is -0.759 e. The lowest BCUT2D eigenvalue weighted by molar-refractivity contribution is 0.0974. The van der Waals surface area contributed by atoms with E-state index in [9.17, 15) is 13.6 Å². The molecule has 1 aromatic rings. The molecular weight excluding hydrogens is 218 g/mol. The van der Waals surface area contributed by atoms with Crippen LogP contribution < -0.4 is 9.84 Å². The summed E-state index contributed by atoms with van der Waals surface area (Å²) in [6.45, 7) is 0.325. The second-order valence-corrected chi connectivity index (χ2v) is 3.67. The molecule has 1 aliphatic rings. The molecule has 1 unspecified atom stereocenters. The van der Waals surface area contributed by atoms with Gasteiger partial charge in [-0.1, -0.05) is 0 Å². The number of hydrogen-bond donors (Lipinski definition) is 1. The van der Waals surface area contributed by atoms with Crippen LogP contribution in [-0.4, -0.2) is 26.1 Å². The third kappa shape index (κ3) is 2.04. The third-order valence-electron chi connectivity index (χ3n) is 2.09. The Morgan fingerprint density at radius 1 is 1.60 bits per heavy atom. The molecule has 7 heteroatoms. The number of ketones is 1. The van der Waals surface area contributed by atoms with Gasteiger partial charge < -0.3 is 4.55 Å². The number of pyridine rings is 1. The van der Waals surface area contributed by atoms with E-state index in [1.165, 1.54) is 11.2 Å². The molecule has 0 fully saturated rings. The molecule has 2 rings (SSSR count). The standard InChI is InChI=1S/C8H9N3O3S/c12-7-3-5-11(10-15(13)14)6-2-1-4-9-8(6)7/h1-2,4,10H,3,5H2,(H,13,14)/p-1.